The lowest BCUT2D eigenvalue weighted by atomic mass is 9.43. The number of aliphatic hydroxyl groups is 2. The molecule has 2 N–H and O–H groups in total. The molecule has 6 nitrogen and oxygen atoms in total. The van der Waals surface area contributed by atoms with Gasteiger partial charge in [-0.2, -0.15) is 0 Å². The van der Waals surface area contributed by atoms with E-state index in [2.05, 4.69) is 37.8 Å². The van der Waals surface area contributed by atoms with Gasteiger partial charge in [-0.1, -0.05) is 37.9 Å². The largest absolute Gasteiger partial charge is 0.394 e. The van der Waals surface area contributed by atoms with Crippen LogP contribution in [0.25, 0.3) is 0 Å². The standard InChI is InChI=1S/C29H46N2O4/c1-19(30-35-15-14-31-12-6-5-7-13-31)20-8-10-29(4)22-16-24(32)23-17-25(33)26(34)18-27(23,2)21(22)9-11-28(20,29)3/h16,20-21,23,25-26,33-34H,5-15,17-18H2,1-4H3/b30-19-/t20?,21?,23?,25-,26?,27?,28?,29+/m1/s1. The van der Waals surface area contributed by atoms with Gasteiger partial charge in [0.1, 0.15) is 6.61 Å². The van der Waals surface area contributed by atoms with Crippen molar-refractivity contribution < 1.29 is 19.8 Å². The number of aliphatic hydroxyl groups excluding tert-OH is 2. The first-order valence-corrected chi connectivity index (χ1v) is 14.1. The summed E-state index contributed by atoms with van der Waals surface area (Å²) in [5.74, 6) is 0.618. The molecule has 0 bridgehead atoms. The molecule has 8 atom stereocenters. The van der Waals surface area contributed by atoms with Crippen LogP contribution in [-0.2, 0) is 9.63 Å². The summed E-state index contributed by atoms with van der Waals surface area (Å²) in [5.41, 5.74) is 2.10. The fourth-order valence-corrected chi connectivity index (χ4v) is 8.99. The van der Waals surface area contributed by atoms with E-state index in [4.69, 9.17) is 4.84 Å². The van der Waals surface area contributed by atoms with E-state index in [1.54, 1.807) is 0 Å². The summed E-state index contributed by atoms with van der Waals surface area (Å²) >= 11 is 0. The van der Waals surface area contributed by atoms with Crippen molar-refractivity contribution in [2.45, 2.75) is 97.7 Å². The molecular weight excluding hydrogens is 440 g/mol. The molecule has 0 aromatic carbocycles. The van der Waals surface area contributed by atoms with Crippen molar-refractivity contribution in [3.63, 3.8) is 0 Å². The van der Waals surface area contributed by atoms with Crippen LogP contribution in [0, 0.1) is 34.0 Å². The van der Waals surface area contributed by atoms with Gasteiger partial charge in [0.05, 0.1) is 17.9 Å². The molecule has 6 heteroatoms. The number of ketones is 1. The molecule has 0 aromatic heterocycles. The molecule has 0 spiro atoms. The van der Waals surface area contributed by atoms with Crippen LogP contribution in [0.5, 0.6) is 0 Å². The molecule has 0 aromatic rings. The maximum Gasteiger partial charge on any atom is 0.159 e. The average molecular weight is 487 g/mol. The quantitative estimate of drug-likeness (QED) is 0.343. The van der Waals surface area contributed by atoms with E-state index in [0.717, 1.165) is 37.9 Å². The van der Waals surface area contributed by atoms with Crippen LogP contribution >= 0.6 is 0 Å². The van der Waals surface area contributed by atoms with Crippen LogP contribution in [0.1, 0.15) is 85.5 Å². The number of hydrogen-bond acceptors (Lipinski definition) is 6. The fraction of sp³-hybridized carbons (Fsp3) is 0.862. The van der Waals surface area contributed by atoms with E-state index in [-0.39, 0.29) is 27.9 Å². The molecule has 3 saturated carbocycles. The smallest absolute Gasteiger partial charge is 0.159 e. The summed E-state index contributed by atoms with van der Waals surface area (Å²) in [4.78, 5) is 21.7. The first-order valence-electron chi connectivity index (χ1n) is 14.1. The van der Waals surface area contributed by atoms with Crippen LogP contribution in [-0.4, -0.2) is 65.1 Å². The fourth-order valence-electron chi connectivity index (χ4n) is 8.99. The van der Waals surface area contributed by atoms with Gasteiger partial charge >= 0.3 is 0 Å². The van der Waals surface area contributed by atoms with Crippen molar-refractivity contribution in [1.29, 1.82) is 0 Å². The van der Waals surface area contributed by atoms with E-state index < -0.39 is 12.2 Å². The summed E-state index contributed by atoms with van der Waals surface area (Å²) in [6.45, 7) is 13.1. The van der Waals surface area contributed by atoms with Crippen molar-refractivity contribution in [3.8, 4) is 0 Å². The predicted molar refractivity (Wildman–Crippen MR) is 137 cm³/mol. The lowest BCUT2D eigenvalue weighted by Gasteiger charge is -2.60. The number of piperidine rings is 1. The monoisotopic (exact) mass is 486 g/mol. The molecule has 5 rings (SSSR count). The molecule has 4 fully saturated rings. The highest BCUT2D eigenvalue weighted by Crippen LogP contribution is 2.71. The Kier molecular flexibility index (Phi) is 6.72. The van der Waals surface area contributed by atoms with Gasteiger partial charge in [0, 0.05) is 18.4 Å². The number of carbonyl (C=O) groups is 1. The Bertz CT molecular complexity index is 895. The van der Waals surface area contributed by atoms with Crippen LogP contribution in [0.15, 0.2) is 16.8 Å². The second-order valence-electron chi connectivity index (χ2n) is 13.0. The Balaban J connectivity index is 1.33. The topological polar surface area (TPSA) is 82.4 Å². The minimum absolute atomic E-state index is 0.0371. The van der Waals surface area contributed by atoms with E-state index in [9.17, 15) is 15.0 Å². The maximum absolute atomic E-state index is 13.4. The highest BCUT2D eigenvalue weighted by atomic mass is 16.6. The zero-order chi connectivity index (χ0) is 25.0. The summed E-state index contributed by atoms with van der Waals surface area (Å²) in [6.07, 6.45) is 9.49. The van der Waals surface area contributed by atoms with Crippen molar-refractivity contribution >= 4 is 11.5 Å². The van der Waals surface area contributed by atoms with Crippen molar-refractivity contribution in [3.05, 3.63) is 11.6 Å². The lowest BCUT2D eigenvalue weighted by Crippen LogP contribution is -2.58. The van der Waals surface area contributed by atoms with Crippen LogP contribution < -0.4 is 0 Å². The highest BCUT2D eigenvalue weighted by Gasteiger charge is 2.65. The third-order valence-electron chi connectivity index (χ3n) is 11.4. The number of likely N-dealkylation sites (tertiary alicyclic amines) is 1. The highest BCUT2D eigenvalue weighted by molar-refractivity contribution is 5.95. The molecule has 1 aliphatic heterocycles. The normalized spacial score (nSPS) is 46.5. The number of allylic oxidation sites excluding steroid dienone is 2. The molecule has 4 aliphatic carbocycles. The molecule has 0 amide bonds. The number of rotatable bonds is 5. The van der Waals surface area contributed by atoms with Gasteiger partial charge in [-0.05, 0) is 99.6 Å². The molecule has 196 valence electrons. The van der Waals surface area contributed by atoms with Gasteiger partial charge < -0.3 is 15.1 Å². The third-order valence-corrected chi connectivity index (χ3v) is 11.4. The average Bonchev–Trinajstić information content (AvgIpc) is 3.11. The zero-order valence-corrected chi connectivity index (χ0v) is 22.3. The Morgan fingerprint density at radius 3 is 2.57 bits per heavy atom. The van der Waals surface area contributed by atoms with E-state index in [1.165, 1.54) is 37.9 Å². The van der Waals surface area contributed by atoms with Crippen LogP contribution in [0.2, 0.25) is 0 Å². The van der Waals surface area contributed by atoms with Crippen LogP contribution in [0.4, 0.5) is 0 Å². The summed E-state index contributed by atoms with van der Waals surface area (Å²) in [7, 11) is 0. The van der Waals surface area contributed by atoms with Gasteiger partial charge in [0.2, 0.25) is 0 Å². The lowest BCUT2D eigenvalue weighted by molar-refractivity contribution is -0.145. The number of oxime groups is 1. The summed E-state index contributed by atoms with van der Waals surface area (Å²) < 4.78 is 0. The molecule has 1 saturated heterocycles. The number of hydrogen-bond donors (Lipinski definition) is 2. The minimum Gasteiger partial charge on any atom is -0.394 e. The van der Waals surface area contributed by atoms with Crippen molar-refractivity contribution in [1.82, 2.24) is 4.90 Å². The number of carbonyl (C=O) groups excluding carboxylic acids is 1. The number of nitrogens with zero attached hydrogens (tertiary/aromatic N) is 2. The second-order valence-corrected chi connectivity index (χ2v) is 13.0. The van der Waals surface area contributed by atoms with E-state index in [0.29, 0.717) is 31.3 Å². The first-order chi connectivity index (χ1) is 16.6. The third kappa shape index (κ3) is 4.02. The van der Waals surface area contributed by atoms with Gasteiger partial charge in [0.15, 0.2) is 5.78 Å². The Morgan fingerprint density at radius 1 is 1.09 bits per heavy atom. The SMILES string of the molecule is C/C(=N/OCCN1CCCCC1)C1CC[C@@]2(C)C3=CC(=O)C4C[C@@H](O)C(O)CC4(C)C3CCC12C. The van der Waals surface area contributed by atoms with Crippen molar-refractivity contribution in [2.75, 3.05) is 26.2 Å². The van der Waals surface area contributed by atoms with Gasteiger partial charge in [0.25, 0.3) is 0 Å². The predicted octanol–water partition coefficient (Wildman–Crippen LogP) is 4.34. The number of fused-ring (bicyclic) bond motifs is 5. The molecule has 5 aliphatic rings. The second kappa shape index (κ2) is 9.25. The van der Waals surface area contributed by atoms with E-state index in [1.807, 2.05) is 6.08 Å². The van der Waals surface area contributed by atoms with E-state index >= 15 is 0 Å². The van der Waals surface area contributed by atoms with Crippen molar-refractivity contribution in [2.24, 2.45) is 39.2 Å². The summed E-state index contributed by atoms with van der Waals surface area (Å²) in [5, 5.41) is 25.5. The molecular formula is C29H46N2O4. The molecule has 1 heterocycles. The first kappa shape index (κ1) is 25.4. The van der Waals surface area contributed by atoms with Crippen LogP contribution in [0.3, 0.4) is 0 Å². The summed E-state index contributed by atoms with van der Waals surface area (Å²) in [6, 6.07) is 0. The minimum atomic E-state index is -0.791. The molecule has 35 heavy (non-hydrogen) atoms. The Labute approximate surface area is 211 Å². The van der Waals surface area contributed by atoms with Gasteiger partial charge in [-0.25, -0.2) is 0 Å². The van der Waals surface area contributed by atoms with Gasteiger partial charge in [-0.15, -0.1) is 0 Å². The Morgan fingerprint density at radius 2 is 1.83 bits per heavy atom. The maximum atomic E-state index is 13.4. The molecule has 0 radical (unpaired) electrons. The Hall–Kier alpha value is -1.24. The van der Waals surface area contributed by atoms with Gasteiger partial charge in [-0.3, -0.25) is 9.69 Å². The zero-order valence-electron chi connectivity index (χ0n) is 22.3. The molecule has 6 unspecified atom stereocenters.